The molecule has 0 fully saturated rings. The minimum absolute atomic E-state index is 0.677. The number of hydrogen-bond acceptors (Lipinski definition) is 5. The van der Waals surface area contributed by atoms with E-state index in [1.165, 1.54) is 41.0 Å². The Morgan fingerprint density at radius 2 is 1.15 bits per heavy atom. The lowest BCUT2D eigenvalue weighted by Crippen LogP contribution is -2.02. The molecule has 6 aromatic carbocycles. The van der Waals surface area contributed by atoms with Crippen LogP contribution in [0.5, 0.6) is 0 Å². The van der Waals surface area contributed by atoms with Crippen molar-refractivity contribution in [1.82, 2.24) is 14.5 Å². The molecule has 6 heteroatoms. The molecule has 0 N–H and O–H groups in total. The summed E-state index contributed by atoms with van der Waals surface area (Å²) >= 11 is 3.64. The third-order valence-electron chi connectivity index (χ3n) is 9.26. The fourth-order valence-corrected chi connectivity index (χ4v) is 9.73. The van der Waals surface area contributed by atoms with E-state index in [2.05, 4.69) is 120 Å². The summed E-state index contributed by atoms with van der Waals surface area (Å²) in [5, 5.41) is 9.46. The first-order chi connectivity index (χ1) is 22.8. The molecule has 0 bridgehead atoms. The van der Waals surface area contributed by atoms with Crippen LogP contribution in [0, 0.1) is 0 Å². The normalized spacial score (nSPS) is 12.3. The number of benzene rings is 6. The van der Waals surface area contributed by atoms with Crippen LogP contribution >= 0.6 is 22.7 Å². The largest absolute Gasteiger partial charge is 0.456 e. The van der Waals surface area contributed by atoms with Gasteiger partial charge in [0.1, 0.15) is 16.0 Å². The van der Waals surface area contributed by atoms with E-state index in [0.717, 1.165) is 54.4 Å². The van der Waals surface area contributed by atoms with Gasteiger partial charge in [-0.15, -0.1) is 22.7 Å². The molecular formula is C40H21N3OS2. The quantitative estimate of drug-likeness (QED) is 0.192. The van der Waals surface area contributed by atoms with E-state index in [4.69, 9.17) is 14.4 Å². The highest BCUT2D eigenvalue weighted by Gasteiger charge is 2.22. The second kappa shape index (κ2) is 9.01. The third kappa shape index (κ3) is 3.27. The van der Waals surface area contributed by atoms with E-state index in [1.807, 2.05) is 23.5 Å². The van der Waals surface area contributed by atoms with Crippen molar-refractivity contribution < 1.29 is 4.42 Å². The van der Waals surface area contributed by atoms with Crippen molar-refractivity contribution in [2.24, 2.45) is 0 Å². The van der Waals surface area contributed by atoms with Crippen molar-refractivity contribution in [2.45, 2.75) is 0 Å². The fraction of sp³-hybridized carbons (Fsp3) is 0. The molecule has 0 aliphatic carbocycles. The maximum absolute atomic E-state index is 6.21. The van der Waals surface area contributed by atoms with Crippen LogP contribution in [0.15, 0.2) is 132 Å². The van der Waals surface area contributed by atoms with Crippen molar-refractivity contribution in [3.63, 3.8) is 0 Å². The topological polar surface area (TPSA) is 43.9 Å². The SMILES string of the molecule is c1ccc2c(c1)oc1ccc(-c3nc(-n4c5ccccc5c5ccccc54)nc4sc5c(ccc6c7ccccc7sc65)c34)cc12. The number of furan rings is 1. The molecule has 4 nitrogen and oxygen atoms in total. The van der Waals surface area contributed by atoms with E-state index in [9.17, 15) is 0 Å². The van der Waals surface area contributed by atoms with Gasteiger partial charge in [-0.25, -0.2) is 9.97 Å². The summed E-state index contributed by atoms with van der Waals surface area (Å²) in [4.78, 5) is 11.8. The molecule has 11 rings (SSSR count). The lowest BCUT2D eigenvalue weighted by Gasteiger charge is -2.10. The highest BCUT2D eigenvalue weighted by atomic mass is 32.1. The average Bonchev–Trinajstić information content (AvgIpc) is 3.86. The van der Waals surface area contributed by atoms with Crippen LogP contribution in [-0.4, -0.2) is 14.5 Å². The van der Waals surface area contributed by atoms with Crippen LogP contribution in [0.3, 0.4) is 0 Å². The number of nitrogens with zero attached hydrogens (tertiary/aromatic N) is 3. The van der Waals surface area contributed by atoms with Crippen LogP contribution in [0.25, 0.3) is 101 Å². The number of thiophene rings is 2. The third-order valence-corrected chi connectivity index (χ3v) is 11.7. The van der Waals surface area contributed by atoms with Crippen molar-refractivity contribution in [3.8, 4) is 17.2 Å². The Balaban J connectivity index is 1.29. The predicted octanol–water partition coefficient (Wildman–Crippen LogP) is 11.9. The first-order valence-corrected chi connectivity index (χ1v) is 16.9. The van der Waals surface area contributed by atoms with E-state index in [-0.39, 0.29) is 0 Å². The van der Waals surface area contributed by atoms with Crippen LogP contribution in [0.1, 0.15) is 0 Å². The standard InChI is InChI=1S/C40H21N3OS2/c1-5-13-30-23(9-1)24-10-2-6-14-31(24)43(30)40-41-36(22-17-20-33-29(21-22)25-11-3-7-15-32(25)44-33)35-28-19-18-27-26-12-4-8-16-34(26)45-37(27)38(28)46-39(35)42-40/h1-21H. The summed E-state index contributed by atoms with van der Waals surface area (Å²) in [6.45, 7) is 0. The number of rotatable bonds is 2. The summed E-state index contributed by atoms with van der Waals surface area (Å²) in [5.74, 6) is 0.677. The van der Waals surface area contributed by atoms with Gasteiger partial charge in [-0.3, -0.25) is 4.57 Å². The van der Waals surface area contributed by atoms with Crippen molar-refractivity contribution >= 4 is 107 Å². The van der Waals surface area contributed by atoms with Gasteiger partial charge >= 0.3 is 0 Å². The predicted molar refractivity (Wildman–Crippen MR) is 195 cm³/mol. The summed E-state index contributed by atoms with van der Waals surface area (Å²) in [5.41, 5.74) is 5.93. The average molecular weight is 624 g/mol. The molecular weight excluding hydrogens is 603 g/mol. The number of fused-ring (bicyclic) bond motifs is 13. The summed E-state index contributed by atoms with van der Waals surface area (Å²) in [6.07, 6.45) is 0. The van der Waals surface area contributed by atoms with E-state index in [0.29, 0.717) is 5.95 Å². The minimum atomic E-state index is 0.677. The molecule has 5 aromatic heterocycles. The lowest BCUT2D eigenvalue weighted by molar-refractivity contribution is 0.669. The molecule has 0 aliphatic rings. The van der Waals surface area contributed by atoms with Gasteiger partial charge in [0.15, 0.2) is 0 Å². The second-order valence-corrected chi connectivity index (χ2v) is 13.8. The zero-order valence-corrected chi connectivity index (χ0v) is 25.8. The van der Waals surface area contributed by atoms with Crippen molar-refractivity contribution in [3.05, 3.63) is 127 Å². The number of aromatic nitrogens is 3. The maximum atomic E-state index is 6.21. The Hall–Kier alpha value is -5.56. The number of para-hydroxylation sites is 3. The Morgan fingerprint density at radius 1 is 0.500 bits per heavy atom. The smallest absolute Gasteiger partial charge is 0.236 e. The Morgan fingerprint density at radius 3 is 1.98 bits per heavy atom. The van der Waals surface area contributed by atoms with Gasteiger partial charge in [-0.1, -0.05) is 84.9 Å². The molecule has 0 saturated heterocycles. The first-order valence-electron chi connectivity index (χ1n) is 15.2. The Kier molecular flexibility index (Phi) is 4.84. The molecule has 0 atom stereocenters. The van der Waals surface area contributed by atoms with Gasteiger partial charge < -0.3 is 4.42 Å². The molecule has 0 aliphatic heterocycles. The van der Waals surface area contributed by atoms with Gasteiger partial charge in [-0.2, -0.15) is 0 Å². The van der Waals surface area contributed by atoms with Gasteiger partial charge in [0.2, 0.25) is 5.95 Å². The summed E-state index contributed by atoms with van der Waals surface area (Å²) in [6, 6.07) is 45.0. The van der Waals surface area contributed by atoms with Crippen LogP contribution in [-0.2, 0) is 0 Å². The number of hydrogen-bond donors (Lipinski definition) is 0. The van der Waals surface area contributed by atoms with Crippen LogP contribution in [0.2, 0.25) is 0 Å². The molecule has 214 valence electrons. The van der Waals surface area contributed by atoms with Crippen molar-refractivity contribution in [2.75, 3.05) is 0 Å². The Labute approximate surface area is 269 Å². The highest BCUT2D eigenvalue weighted by Crippen LogP contribution is 2.47. The molecule has 11 aromatic rings. The van der Waals surface area contributed by atoms with Gasteiger partial charge in [0.25, 0.3) is 0 Å². The molecule has 46 heavy (non-hydrogen) atoms. The van der Waals surface area contributed by atoms with E-state index >= 15 is 0 Å². The molecule has 0 amide bonds. The van der Waals surface area contributed by atoms with Crippen LogP contribution < -0.4 is 0 Å². The monoisotopic (exact) mass is 623 g/mol. The summed E-state index contributed by atoms with van der Waals surface area (Å²) < 4.78 is 12.3. The second-order valence-electron chi connectivity index (χ2n) is 11.8. The first kappa shape index (κ1) is 24.7. The highest BCUT2D eigenvalue weighted by molar-refractivity contribution is 7.33. The van der Waals surface area contributed by atoms with Gasteiger partial charge in [0, 0.05) is 53.4 Å². The lowest BCUT2D eigenvalue weighted by atomic mass is 10.0. The minimum Gasteiger partial charge on any atom is -0.456 e. The van der Waals surface area contributed by atoms with Crippen molar-refractivity contribution in [1.29, 1.82) is 0 Å². The summed E-state index contributed by atoms with van der Waals surface area (Å²) in [7, 11) is 0. The van der Waals surface area contributed by atoms with E-state index < -0.39 is 0 Å². The Bertz CT molecular complexity index is 3000. The van der Waals surface area contributed by atoms with E-state index in [1.54, 1.807) is 11.3 Å². The maximum Gasteiger partial charge on any atom is 0.236 e. The molecule has 0 saturated carbocycles. The molecule has 0 unspecified atom stereocenters. The molecule has 0 radical (unpaired) electrons. The van der Waals surface area contributed by atoms with Crippen LogP contribution in [0.4, 0.5) is 0 Å². The zero-order valence-electron chi connectivity index (χ0n) is 24.2. The van der Waals surface area contributed by atoms with Gasteiger partial charge in [0.05, 0.1) is 26.1 Å². The zero-order chi connectivity index (χ0) is 29.9. The fourth-order valence-electron chi connectivity index (χ4n) is 7.22. The molecule has 0 spiro atoms. The van der Waals surface area contributed by atoms with Gasteiger partial charge in [-0.05, 0) is 42.5 Å². The molecule has 5 heterocycles.